The van der Waals surface area contributed by atoms with Crippen molar-refractivity contribution in [1.82, 2.24) is 0 Å². The molecule has 0 aliphatic heterocycles. The maximum absolute atomic E-state index is 14.2. The number of rotatable bonds is 5. The van der Waals surface area contributed by atoms with Gasteiger partial charge in [0, 0.05) is 5.56 Å². The molecule has 0 amide bonds. The molecule has 1 aliphatic rings. The summed E-state index contributed by atoms with van der Waals surface area (Å²) in [6, 6.07) is 3.16. The molecule has 0 aromatic heterocycles. The lowest BCUT2D eigenvalue weighted by atomic mass is 9.86. The molecule has 0 fully saturated rings. The van der Waals surface area contributed by atoms with Gasteiger partial charge in [-0.1, -0.05) is 25.2 Å². The molecule has 1 aromatic rings. The third kappa shape index (κ3) is 3.72. The highest BCUT2D eigenvalue weighted by Crippen LogP contribution is 2.34. The zero-order valence-corrected chi connectivity index (χ0v) is 12.7. The fourth-order valence-corrected chi connectivity index (χ4v) is 2.65. The van der Waals surface area contributed by atoms with E-state index in [9.17, 15) is 8.78 Å². The number of hydrogen-bond acceptors (Lipinski definition) is 1. The van der Waals surface area contributed by atoms with Gasteiger partial charge in [-0.05, 0) is 56.2 Å². The molecule has 21 heavy (non-hydrogen) atoms. The summed E-state index contributed by atoms with van der Waals surface area (Å²) in [4.78, 5) is 0. The van der Waals surface area contributed by atoms with Gasteiger partial charge in [-0.15, -0.1) is 0 Å². The van der Waals surface area contributed by atoms with E-state index in [1.54, 1.807) is 6.07 Å². The second-order valence-electron chi connectivity index (χ2n) is 5.38. The predicted octanol–water partition coefficient (Wildman–Crippen LogP) is 5.51. The van der Waals surface area contributed by atoms with Gasteiger partial charge in [0.05, 0.1) is 6.61 Å². The molecule has 0 saturated carbocycles. The largest absolute Gasteiger partial charge is 0.490 e. The molecule has 0 heterocycles. The summed E-state index contributed by atoms with van der Waals surface area (Å²) in [7, 11) is 0. The van der Waals surface area contributed by atoms with Crippen LogP contribution < -0.4 is 4.74 Å². The first kappa shape index (κ1) is 15.7. The number of benzene rings is 1. The van der Waals surface area contributed by atoms with E-state index >= 15 is 0 Å². The molecule has 1 nitrogen and oxygen atoms in total. The standard InChI is InChI=1S/C18H22F2O/c1-3-5-13-6-8-14(9-7-13)15-10-11-16(21-12-4-2)18(20)17(15)19/h3,5,8,10-11,13H,4,6-7,9,12H2,1-2H3. The molecule has 0 spiro atoms. The average Bonchev–Trinajstić information content (AvgIpc) is 2.50. The molecule has 114 valence electrons. The second kappa shape index (κ2) is 7.39. The van der Waals surface area contributed by atoms with Gasteiger partial charge >= 0.3 is 0 Å². The van der Waals surface area contributed by atoms with E-state index < -0.39 is 11.6 Å². The Bertz CT molecular complexity index is 546. The molecular weight excluding hydrogens is 270 g/mol. The normalized spacial score (nSPS) is 18.9. The fraction of sp³-hybridized carbons (Fsp3) is 0.444. The number of ether oxygens (including phenoxy) is 1. The van der Waals surface area contributed by atoms with Crippen molar-refractivity contribution in [3.63, 3.8) is 0 Å². The molecule has 0 N–H and O–H groups in total. The van der Waals surface area contributed by atoms with Crippen LogP contribution in [0.3, 0.4) is 0 Å². The number of hydrogen-bond donors (Lipinski definition) is 0. The summed E-state index contributed by atoms with van der Waals surface area (Å²) in [5.74, 6) is -1.16. The van der Waals surface area contributed by atoms with Crippen LogP contribution in [0.2, 0.25) is 0 Å². The van der Waals surface area contributed by atoms with Crippen LogP contribution in [0.5, 0.6) is 5.75 Å². The summed E-state index contributed by atoms with van der Waals surface area (Å²) in [6.45, 7) is 4.32. The highest BCUT2D eigenvalue weighted by Gasteiger charge is 2.20. The summed E-state index contributed by atoms with van der Waals surface area (Å²) in [5, 5.41) is 0. The Morgan fingerprint density at radius 2 is 2.10 bits per heavy atom. The van der Waals surface area contributed by atoms with Crippen molar-refractivity contribution < 1.29 is 13.5 Å². The summed E-state index contributed by atoms with van der Waals surface area (Å²) >= 11 is 0. The monoisotopic (exact) mass is 292 g/mol. The molecule has 1 atom stereocenters. The molecule has 0 saturated heterocycles. The Balaban J connectivity index is 2.20. The van der Waals surface area contributed by atoms with Crippen molar-refractivity contribution >= 4 is 5.57 Å². The molecule has 3 heteroatoms. The number of allylic oxidation sites excluding steroid dienone is 4. The van der Waals surface area contributed by atoms with E-state index in [0.29, 0.717) is 18.1 Å². The lowest BCUT2D eigenvalue weighted by Crippen LogP contribution is -2.06. The van der Waals surface area contributed by atoms with Crippen LogP contribution in [0, 0.1) is 17.6 Å². The van der Waals surface area contributed by atoms with Crippen LogP contribution in [-0.4, -0.2) is 6.61 Å². The maximum Gasteiger partial charge on any atom is 0.201 e. The van der Waals surface area contributed by atoms with Crippen LogP contribution >= 0.6 is 0 Å². The average molecular weight is 292 g/mol. The van der Waals surface area contributed by atoms with Crippen LogP contribution in [-0.2, 0) is 0 Å². The van der Waals surface area contributed by atoms with Gasteiger partial charge in [0.1, 0.15) is 0 Å². The molecule has 0 radical (unpaired) electrons. The van der Waals surface area contributed by atoms with Crippen molar-refractivity contribution in [3.05, 3.63) is 47.6 Å². The van der Waals surface area contributed by atoms with E-state index in [2.05, 4.69) is 6.08 Å². The summed E-state index contributed by atoms with van der Waals surface area (Å²) in [5.41, 5.74) is 1.27. The molecule has 0 bridgehead atoms. The maximum atomic E-state index is 14.2. The van der Waals surface area contributed by atoms with E-state index in [-0.39, 0.29) is 5.75 Å². The van der Waals surface area contributed by atoms with Crippen LogP contribution in [0.25, 0.3) is 5.57 Å². The minimum atomic E-state index is -0.877. The zero-order valence-electron chi connectivity index (χ0n) is 12.7. The third-order valence-corrected chi connectivity index (χ3v) is 3.77. The van der Waals surface area contributed by atoms with E-state index in [1.807, 2.05) is 26.0 Å². The highest BCUT2D eigenvalue weighted by atomic mass is 19.2. The minimum absolute atomic E-state index is 0.00121. The summed E-state index contributed by atoms with van der Waals surface area (Å²) in [6.07, 6.45) is 9.65. The Labute approximate surface area is 125 Å². The van der Waals surface area contributed by atoms with E-state index in [1.165, 1.54) is 6.07 Å². The molecule has 1 aliphatic carbocycles. The quantitative estimate of drug-likeness (QED) is 0.650. The van der Waals surface area contributed by atoms with Crippen molar-refractivity contribution in [2.45, 2.75) is 39.5 Å². The highest BCUT2D eigenvalue weighted by molar-refractivity contribution is 5.67. The molecular formula is C18H22F2O. The van der Waals surface area contributed by atoms with E-state index in [0.717, 1.165) is 31.3 Å². The topological polar surface area (TPSA) is 9.23 Å². The number of halogens is 2. The second-order valence-corrected chi connectivity index (χ2v) is 5.38. The molecule has 1 aromatic carbocycles. The third-order valence-electron chi connectivity index (χ3n) is 3.77. The molecule has 2 rings (SSSR count). The first-order valence-electron chi connectivity index (χ1n) is 7.60. The van der Waals surface area contributed by atoms with E-state index in [4.69, 9.17) is 4.74 Å². The predicted molar refractivity (Wildman–Crippen MR) is 82.3 cm³/mol. The zero-order chi connectivity index (χ0) is 15.2. The van der Waals surface area contributed by atoms with Gasteiger partial charge in [0.2, 0.25) is 5.82 Å². The van der Waals surface area contributed by atoms with Gasteiger partial charge in [-0.25, -0.2) is 4.39 Å². The first-order valence-corrected chi connectivity index (χ1v) is 7.60. The van der Waals surface area contributed by atoms with Crippen LogP contribution in [0.4, 0.5) is 8.78 Å². The minimum Gasteiger partial charge on any atom is -0.490 e. The van der Waals surface area contributed by atoms with Crippen molar-refractivity contribution in [2.75, 3.05) is 6.61 Å². The van der Waals surface area contributed by atoms with Crippen LogP contribution in [0.15, 0.2) is 30.4 Å². The Morgan fingerprint density at radius 3 is 2.71 bits per heavy atom. The first-order chi connectivity index (χ1) is 10.2. The smallest absolute Gasteiger partial charge is 0.201 e. The van der Waals surface area contributed by atoms with Crippen molar-refractivity contribution in [2.24, 2.45) is 5.92 Å². The Morgan fingerprint density at radius 1 is 1.29 bits per heavy atom. The van der Waals surface area contributed by atoms with Gasteiger partial charge in [-0.2, -0.15) is 4.39 Å². The summed E-state index contributed by atoms with van der Waals surface area (Å²) < 4.78 is 33.4. The Kier molecular flexibility index (Phi) is 5.54. The SMILES string of the molecule is CC=CC1CC=C(c2ccc(OCCC)c(F)c2F)CC1. The lowest BCUT2D eigenvalue weighted by molar-refractivity contribution is 0.295. The van der Waals surface area contributed by atoms with Gasteiger partial charge in [0.15, 0.2) is 11.6 Å². The lowest BCUT2D eigenvalue weighted by Gasteiger charge is -2.20. The van der Waals surface area contributed by atoms with Crippen LogP contribution in [0.1, 0.15) is 45.1 Å². The fourth-order valence-electron chi connectivity index (χ4n) is 2.65. The van der Waals surface area contributed by atoms with Gasteiger partial charge in [0.25, 0.3) is 0 Å². The van der Waals surface area contributed by atoms with Gasteiger partial charge in [-0.3, -0.25) is 0 Å². The Hall–Kier alpha value is -1.64. The van der Waals surface area contributed by atoms with Gasteiger partial charge < -0.3 is 4.74 Å². The van der Waals surface area contributed by atoms with Crippen molar-refractivity contribution in [3.8, 4) is 5.75 Å². The van der Waals surface area contributed by atoms with Crippen molar-refractivity contribution in [1.29, 1.82) is 0 Å². The molecule has 1 unspecified atom stereocenters.